The van der Waals surface area contributed by atoms with Gasteiger partial charge in [0, 0.05) is 23.4 Å². The number of fused-ring (bicyclic) bond motifs is 2. The Hall–Kier alpha value is -6.10. The number of aromatic amines is 1. The number of nitrogens with zero attached hydrogens (tertiary/aromatic N) is 5. The van der Waals surface area contributed by atoms with Crippen LogP contribution in [0.3, 0.4) is 0 Å². The third-order valence-corrected chi connectivity index (χ3v) is 6.96. The lowest BCUT2D eigenvalue weighted by Gasteiger charge is -2.10. The van der Waals surface area contributed by atoms with Gasteiger partial charge in [-0.3, -0.25) is 5.32 Å². The number of aromatic nitrogens is 6. The first kappa shape index (κ1) is 25.8. The van der Waals surface area contributed by atoms with Crippen LogP contribution < -0.4 is 16.0 Å². The Morgan fingerprint density at radius 1 is 0.744 bits per heavy atom. The number of hydrogen-bond donors (Lipinski definition) is 4. The predicted octanol–water partition coefficient (Wildman–Crippen LogP) is 6.52. The molecule has 0 aliphatic carbocycles. The van der Waals surface area contributed by atoms with E-state index in [9.17, 15) is 4.79 Å². The lowest BCUT2D eigenvalue weighted by Crippen LogP contribution is -2.20. The molecule has 4 aromatic heterocycles. The maximum Gasteiger partial charge on any atom is 0.324 e. The van der Waals surface area contributed by atoms with Crippen LogP contribution in [-0.4, -0.2) is 42.5 Å². The number of carbonyl (C=O) groups excluding carboxylic acids is 1. The molecular formula is C32H25N9O2. The van der Waals surface area contributed by atoms with Gasteiger partial charge in [-0.05, 0) is 29.7 Å². The fourth-order valence-electron chi connectivity index (χ4n) is 4.95. The van der Waals surface area contributed by atoms with E-state index in [1.165, 1.54) is 19.0 Å². The van der Waals surface area contributed by atoms with Crippen LogP contribution in [0.5, 0.6) is 0 Å². The van der Waals surface area contributed by atoms with E-state index in [1.807, 2.05) is 72.8 Å². The Labute approximate surface area is 245 Å². The van der Waals surface area contributed by atoms with Crippen molar-refractivity contribution in [2.24, 2.45) is 0 Å². The molecular weight excluding hydrogens is 542 g/mol. The summed E-state index contributed by atoms with van der Waals surface area (Å²) in [5.74, 6) is 1.82. The van der Waals surface area contributed by atoms with Gasteiger partial charge in [0.2, 0.25) is 5.71 Å². The van der Waals surface area contributed by atoms with Gasteiger partial charge in [0.05, 0.1) is 11.7 Å². The van der Waals surface area contributed by atoms with Crippen molar-refractivity contribution in [3.63, 3.8) is 0 Å². The fraction of sp³-hybridized carbons (Fsp3) is 0.0625. The summed E-state index contributed by atoms with van der Waals surface area (Å²) in [6.07, 6.45) is 5.11. The number of benzene rings is 3. The number of furan rings is 1. The minimum atomic E-state index is -0.416. The number of urea groups is 1. The standard InChI is InChI=1S/C32H25N9O2/c42-32(41-30-26-29(36-17-34-26)37-18-38-30)40-23-13-11-20(12-14-23)15-16-33-28-25-24(21-7-3-1-4-8-21)27(22-9-5-2-6-10-22)43-31(25)39-19-35-28/h1-14,17-19H,15-16H2,(H,33,35,39)(H3,34,36,37,38,40,41,42). The molecule has 0 aliphatic heterocycles. The molecule has 11 nitrogen and oxygen atoms in total. The van der Waals surface area contributed by atoms with Gasteiger partial charge in [0.15, 0.2) is 11.5 Å². The molecule has 0 aliphatic rings. The highest BCUT2D eigenvalue weighted by Gasteiger charge is 2.22. The highest BCUT2D eigenvalue weighted by atomic mass is 16.3. The Balaban J connectivity index is 1.05. The first-order valence-corrected chi connectivity index (χ1v) is 13.7. The number of anilines is 3. The number of amides is 2. The fourth-order valence-corrected chi connectivity index (χ4v) is 4.95. The van der Waals surface area contributed by atoms with Crippen LogP contribution in [0.4, 0.5) is 22.1 Å². The minimum absolute atomic E-state index is 0.352. The molecule has 0 saturated carbocycles. The number of H-pyrrole nitrogens is 1. The van der Waals surface area contributed by atoms with Gasteiger partial charge in [0.1, 0.15) is 29.7 Å². The molecule has 0 bridgehead atoms. The van der Waals surface area contributed by atoms with Crippen LogP contribution in [0.25, 0.3) is 44.7 Å². The first-order chi connectivity index (χ1) is 21.2. The van der Waals surface area contributed by atoms with E-state index in [2.05, 4.69) is 58.0 Å². The first-order valence-electron chi connectivity index (χ1n) is 13.7. The van der Waals surface area contributed by atoms with E-state index in [1.54, 1.807) is 0 Å². The van der Waals surface area contributed by atoms with E-state index in [0.29, 0.717) is 40.7 Å². The lowest BCUT2D eigenvalue weighted by atomic mass is 9.99. The summed E-state index contributed by atoms with van der Waals surface area (Å²) in [4.78, 5) is 36.7. The Morgan fingerprint density at radius 2 is 1.47 bits per heavy atom. The monoisotopic (exact) mass is 567 g/mol. The van der Waals surface area contributed by atoms with E-state index >= 15 is 0 Å². The van der Waals surface area contributed by atoms with Crippen molar-refractivity contribution in [1.29, 1.82) is 0 Å². The van der Waals surface area contributed by atoms with Gasteiger partial charge >= 0.3 is 6.03 Å². The van der Waals surface area contributed by atoms with Crippen molar-refractivity contribution in [1.82, 2.24) is 29.9 Å². The van der Waals surface area contributed by atoms with Crippen LogP contribution in [0.2, 0.25) is 0 Å². The van der Waals surface area contributed by atoms with Gasteiger partial charge in [-0.15, -0.1) is 0 Å². The van der Waals surface area contributed by atoms with Crippen molar-refractivity contribution in [3.05, 3.63) is 109 Å². The largest absolute Gasteiger partial charge is 0.437 e. The third kappa shape index (κ3) is 5.34. The van der Waals surface area contributed by atoms with E-state index in [-0.39, 0.29) is 0 Å². The minimum Gasteiger partial charge on any atom is -0.437 e. The van der Waals surface area contributed by atoms with Crippen molar-refractivity contribution in [3.8, 4) is 22.5 Å². The molecule has 0 spiro atoms. The Morgan fingerprint density at radius 3 is 2.26 bits per heavy atom. The Bertz CT molecular complexity index is 2020. The summed E-state index contributed by atoms with van der Waals surface area (Å²) in [6, 6.07) is 27.4. The zero-order chi connectivity index (χ0) is 29.0. The van der Waals surface area contributed by atoms with Gasteiger partial charge in [-0.2, -0.15) is 0 Å². The molecule has 4 heterocycles. The van der Waals surface area contributed by atoms with Crippen LogP contribution in [0.1, 0.15) is 5.56 Å². The molecule has 4 N–H and O–H groups in total. The second kappa shape index (κ2) is 11.4. The molecule has 7 rings (SSSR count). The van der Waals surface area contributed by atoms with Crippen molar-refractivity contribution >= 4 is 45.6 Å². The van der Waals surface area contributed by atoms with E-state index in [4.69, 9.17) is 4.42 Å². The average Bonchev–Trinajstić information content (AvgIpc) is 3.69. The summed E-state index contributed by atoms with van der Waals surface area (Å²) in [5, 5.41) is 9.88. The highest BCUT2D eigenvalue weighted by Crippen LogP contribution is 2.42. The molecule has 0 fully saturated rings. The van der Waals surface area contributed by atoms with Gasteiger partial charge < -0.3 is 20.0 Å². The summed E-state index contributed by atoms with van der Waals surface area (Å²) >= 11 is 0. The molecule has 0 atom stereocenters. The second-order valence-corrected chi connectivity index (χ2v) is 9.72. The van der Waals surface area contributed by atoms with Crippen LogP contribution in [-0.2, 0) is 6.42 Å². The predicted molar refractivity (Wildman–Crippen MR) is 166 cm³/mol. The lowest BCUT2D eigenvalue weighted by molar-refractivity contribution is 0.262. The number of rotatable bonds is 8. The molecule has 3 aromatic carbocycles. The zero-order valence-corrected chi connectivity index (χ0v) is 22.8. The van der Waals surface area contributed by atoms with Crippen molar-refractivity contribution in [2.75, 3.05) is 22.5 Å². The maximum atomic E-state index is 12.5. The maximum absolute atomic E-state index is 12.5. The zero-order valence-electron chi connectivity index (χ0n) is 22.8. The van der Waals surface area contributed by atoms with Gasteiger partial charge in [-0.1, -0.05) is 72.8 Å². The van der Waals surface area contributed by atoms with Crippen LogP contribution >= 0.6 is 0 Å². The van der Waals surface area contributed by atoms with E-state index < -0.39 is 6.03 Å². The molecule has 11 heteroatoms. The van der Waals surface area contributed by atoms with E-state index in [0.717, 1.165) is 39.8 Å². The van der Waals surface area contributed by atoms with Crippen LogP contribution in [0.15, 0.2) is 108 Å². The Kier molecular flexibility index (Phi) is 6.86. The summed E-state index contributed by atoms with van der Waals surface area (Å²) < 4.78 is 6.30. The average molecular weight is 568 g/mol. The van der Waals surface area contributed by atoms with Crippen molar-refractivity contribution < 1.29 is 9.21 Å². The third-order valence-electron chi connectivity index (χ3n) is 6.96. The number of hydrogen-bond acceptors (Lipinski definition) is 8. The summed E-state index contributed by atoms with van der Waals surface area (Å²) in [7, 11) is 0. The normalized spacial score (nSPS) is 11.1. The quantitative estimate of drug-likeness (QED) is 0.162. The van der Waals surface area contributed by atoms with Crippen molar-refractivity contribution in [2.45, 2.75) is 6.42 Å². The summed E-state index contributed by atoms with van der Waals surface area (Å²) in [6.45, 7) is 0.632. The second-order valence-electron chi connectivity index (χ2n) is 9.72. The molecule has 7 aromatic rings. The van der Waals surface area contributed by atoms with Crippen LogP contribution in [0, 0.1) is 0 Å². The SMILES string of the molecule is O=C(Nc1ccc(CCNc2ncnc3oc(-c4ccccc4)c(-c4ccccc4)c23)cc1)Nc1ncnc2nc[nH]c12. The number of nitrogens with one attached hydrogen (secondary N) is 4. The number of carbonyl (C=O) groups is 1. The molecule has 210 valence electrons. The van der Waals surface area contributed by atoms with Gasteiger partial charge in [-0.25, -0.2) is 29.7 Å². The number of imidazole rings is 1. The van der Waals surface area contributed by atoms with Gasteiger partial charge in [0.25, 0.3) is 0 Å². The molecule has 0 saturated heterocycles. The summed E-state index contributed by atoms with van der Waals surface area (Å²) in [5.41, 5.74) is 6.27. The molecule has 2 amide bonds. The molecule has 0 radical (unpaired) electrons. The molecule has 43 heavy (non-hydrogen) atoms. The smallest absolute Gasteiger partial charge is 0.324 e. The topological polar surface area (TPSA) is 147 Å². The highest BCUT2D eigenvalue weighted by molar-refractivity contribution is 6.06. The molecule has 0 unspecified atom stereocenters.